The van der Waals surface area contributed by atoms with Gasteiger partial charge >= 0.3 is 6.09 Å². The Bertz CT molecular complexity index is 1730. The summed E-state index contributed by atoms with van der Waals surface area (Å²) in [5, 5.41) is 16.8. The number of carbonyl (C=O) groups is 2. The van der Waals surface area contributed by atoms with Crippen molar-refractivity contribution in [3.63, 3.8) is 0 Å². The molecule has 0 unspecified atom stereocenters. The van der Waals surface area contributed by atoms with Crippen LogP contribution in [0.2, 0.25) is 0 Å². The molecule has 2 aromatic carbocycles. The van der Waals surface area contributed by atoms with Gasteiger partial charge in [-0.2, -0.15) is 0 Å². The number of aliphatic hydroxyl groups is 1. The summed E-state index contributed by atoms with van der Waals surface area (Å²) in [6.45, 7) is 10.7. The Labute approximate surface area is 282 Å². The van der Waals surface area contributed by atoms with Gasteiger partial charge in [0.15, 0.2) is 21.3 Å². The molecule has 0 saturated carbocycles. The highest BCUT2D eigenvalue weighted by atomic mass is 32.2. The number of fused-ring (bicyclic) bond motifs is 13. The minimum atomic E-state index is -3.81. The van der Waals surface area contributed by atoms with Crippen LogP contribution in [-0.4, -0.2) is 58.0 Å². The number of sulfone groups is 1. The van der Waals surface area contributed by atoms with Crippen molar-refractivity contribution >= 4 is 33.3 Å². The molecule has 5 N–H and O–H groups in total. The van der Waals surface area contributed by atoms with E-state index in [4.69, 9.17) is 15.2 Å². The first-order valence-corrected chi connectivity index (χ1v) is 17.6. The summed E-state index contributed by atoms with van der Waals surface area (Å²) in [5.41, 5.74) is 5.92. The number of ether oxygens (including phenoxy) is 2. The van der Waals surface area contributed by atoms with Crippen LogP contribution in [0.25, 0.3) is 11.3 Å². The number of benzene rings is 2. The number of amides is 2. The fourth-order valence-corrected chi connectivity index (χ4v) is 7.35. The Balaban J connectivity index is 1.70. The highest BCUT2D eigenvalue weighted by molar-refractivity contribution is 7.92. The molecule has 0 saturated heterocycles. The number of nitrogens with two attached hydrogens (primary N) is 1. The van der Waals surface area contributed by atoms with Crippen LogP contribution in [0.15, 0.2) is 53.6 Å². The molecule has 0 spiro atoms. The van der Waals surface area contributed by atoms with Gasteiger partial charge in [-0.05, 0) is 79.0 Å². The molecule has 13 heteroatoms. The number of carbonyl (C=O) groups excluding carboxylic acids is 2. The lowest BCUT2D eigenvalue weighted by atomic mass is 9.88. The average Bonchev–Trinajstić information content (AvgIpc) is 2.98. The van der Waals surface area contributed by atoms with Crippen LogP contribution in [0.4, 0.5) is 16.3 Å². The number of nitrogens with one attached hydrogen (secondary N) is 2. The third-order valence-corrected chi connectivity index (χ3v) is 10.5. The fraction of sp³-hybridized carbons (Fsp3) is 0.486. The molecule has 2 amide bonds. The molecule has 5 rings (SSSR count). The number of alkyl carbamates (subject to hydrolysis) is 1. The van der Waals surface area contributed by atoms with Crippen LogP contribution in [0, 0.1) is 0 Å². The minimum Gasteiger partial charge on any atom is -0.491 e. The maximum Gasteiger partial charge on any atom is 0.407 e. The summed E-state index contributed by atoms with van der Waals surface area (Å²) in [6.07, 6.45) is 4.30. The molecule has 3 heterocycles. The van der Waals surface area contributed by atoms with E-state index in [2.05, 4.69) is 20.6 Å². The first-order chi connectivity index (χ1) is 22.4. The molecule has 2 aliphatic rings. The number of rotatable bonds is 2. The standard InChI is InChI=1S/C35H47N5O7S/c1-33(2,3)47-32(42)38-20-24-12-11-13-26-29(24)46-19-10-8-7-9-18-35(6,43)22-34(4,5)48(44,45)25-16-14-23(15-17-25)27-21-37-30(36)28(39-27)31(41)40-26/h11-17,21,43H,7-10,18-20,22H2,1-6H3,(H2,36,37)(H,38,42)(H,40,41)/t35-/m0/s1. The van der Waals surface area contributed by atoms with Crippen molar-refractivity contribution in [2.24, 2.45) is 0 Å². The predicted molar refractivity (Wildman–Crippen MR) is 184 cm³/mol. The van der Waals surface area contributed by atoms with Crippen LogP contribution in [-0.2, 0) is 21.1 Å². The zero-order chi connectivity index (χ0) is 35.3. The minimum absolute atomic E-state index is 0.0615. The van der Waals surface area contributed by atoms with Gasteiger partial charge in [0.05, 0.1) is 39.4 Å². The van der Waals surface area contributed by atoms with E-state index in [0.29, 0.717) is 54.1 Å². The average molecular weight is 682 g/mol. The van der Waals surface area contributed by atoms with Gasteiger partial charge in [-0.3, -0.25) is 4.79 Å². The van der Waals surface area contributed by atoms with Gasteiger partial charge < -0.3 is 30.9 Å². The second-order valence-corrected chi connectivity index (χ2v) is 16.6. The van der Waals surface area contributed by atoms with E-state index in [9.17, 15) is 23.1 Å². The predicted octanol–water partition coefficient (Wildman–Crippen LogP) is 6.04. The number of nitrogen functional groups attached to an aromatic ring is 1. The highest BCUT2D eigenvalue weighted by Crippen LogP contribution is 2.36. The normalized spacial score (nSPS) is 20.2. The van der Waals surface area contributed by atoms with Crippen molar-refractivity contribution in [1.29, 1.82) is 0 Å². The number of anilines is 2. The van der Waals surface area contributed by atoms with E-state index in [0.717, 1.165) is 12.8 Å². The lowest BCUT2D eigenvalue weighted by molar-refractivity contribution is 0.0308. The second-order valence-electron chi connectivity index (χ2n) is 14.1. The van der Waals surface area contributed by atoms with Crippen molar-refractivity contribution < 1.29 is 32.6 Å². The van der Waals surface area contributed by atoms with Crippen molar-refractivity contribution in [1.82, 2.24) is 15.3 Å². The smallest absolute Gasteiger partial charge is 0.407 e. The third-order valence-electron chi connectivity index (χ3n) is 8.03. The molecule has 4 bridgehead atoms. The second kappa shape index (κ2) is 14.5. The molecular weight excluding hydrogens is 634 g/mol. The van der Waals surface area contributed by atoms with E-state index < -0.39 is 37.8 Å². The summed E-state index contributed by atoms with van der Waals surface area (Å²) in [5.74, 6) is -0.336. The lowest BCUT2D eigenvalue weighted by Gasteiger charge is -2.33. The Hall–Kier alpha value is -4.23. The number of hydrogen-bond acceptors (Lipinski definition) is 10. The van der Waals surface area contributed by atoms with Crippen molar-refractivity contribution in [3.05, 3.63) is 59.9 Å². The molecule has 0 radical (unpaired) electrons. The first kappa shape index (κ1) is 36.6. The Morgan fingerprint density at radius 1 is 1.08 bits per heavy atom. The van der Waals surface area contributed by atoms with E-state index in [1.807, 2.05) is 0 Å². The summed E-state index contributed by atoms with van der Waals surface area (Å²) in [6, 6.07) is 11.4. The van der Waals surface area contributed by atoms with Crippen molar-refractivity contribution in [2.75, 3.05) is 17.7 Å². The zero-order valence-corrected chi connectivity index (χ0v) is 29.4. The molecule has 12 nitrogen and oxygen atoms in total. The first-order valence-electron chi connectivity index (χ1n) is 16.1. The van der Waals surface area contributed by atoms with Gasteiger partial charge in [0.2, 0.25) is 0 Å². The quantitative estimate of drug-likeness (QED) is 0.249. The summed E-state index contributed by atoms with van der Waals surface area (Å²) in [4.78, 5) is 34.7. The van der Waals surface area contributed by atoms with Crippen LogP contribution in [0.5, 0.6) is 5.75 Å². The molecule has 1 atom stereocenters. The number of hydrogen-bond donors (Lipinski definition) is 4. The molecule has 2 aliphatic heterocycles. The van der Waals surface area contributed by atoms with Crippen LogP contribution in [0.3, 0.4) is 0 Å². The molecule has 0 aliphatic carbocycles. The Kier molecular flexibility index (Phi) is 11.0. The van der Waals surface area contributed by atoms with Gasteiger partial charge in [-0.15, -0.1) is 0 Å². The van der Waals surface area contributed by atoms with E-state index in [1.165, 1.54) is 18.3 Å². The monoisotopic (exact) mass is 681 g/mol. The highest BCUT2D eigenvalue weighted by Gasteiger charge is 2.41. The fourth-order valence-electron chi connectivity index (χ4n) is 5.72. The van der Waals surface area contributed by atoms with Crippen molar-refractivity contribution in [3.8, 4) is 17.0 Å². The van der Waals surface area contributed by atoms with E-state index in [1.54, 1.807) is 71.9 Å². The molecule has 260 valence electrons. The Morgan fingerprint density at radius 3 is 2.46 bits per heavy atom. The molecule has 3 aromatic rings. The summed E-state index contributed by atoms with van der Waals surface area (Å²) >= 11 is 0. The topological polar surface area (TPSA) is 183 Å². The summed E-state index contributed by atoms with van der Waals surface area (Å²) < 4.78 is 37.7. The van der Waals surface area contributed by atoms with Crippen molar-refractivity contribution in [2.45, 2.75) is 107 Å². The Morgan fingerprint density at radius 2 is 1.77 bits per heavy atom. The van der Waals surface area contributed by atoms with E-state index >= 15 is 0 Å². The lowest BCUT2D eigenvalue weighted by Crippen LogP contribution is -2.41. The maximum absolute atomic E-state index is 13.7. The van der Waals surface area contributed by atoms with Crippen LogP contribution < -0.4 is 21.1 Å². The molecule has 48 heavy (non-hydrogen) atoms. The summed E-state index contributed by atoms with van der Waals surface area (Å²) in [7, 11) is -3.81. The van der Waals surface area contributed by atoms with Gasteiger partial charge in [-0.25, -0.2) is 23.2 Å². The SMILES string of the molecule is CC(C)(C)OC(=O)NCc1cccc2c1OCCCCCC[C@](C)(O)CC(C)(C)S(=O)(=O)c1ccc(cc1)-c1cnc(N)c(n1)C(=O)N2. The van der Waals surface area contributed by atoms with E-state index in [-0.39, 0.29) is 29.4 Å². The molecule has 0 fully saturated rings. The molecule has 1 aromatic heterocycles. The largest absolute Gasteiger partial charge is 0.491 e. The van der Waals surface area contributed by atoms with Crippen LogP contribution in [0.1, 0.15) is 96.1 Å². The number of nitrogens with zero attached hydrogens (tertiary/aromatic N) is 2. The third kappa shape index (κ3) is 9.22. The maximum atomic E-state index is 13.7. The number of para-hydroxylation sites is 1. The van der Waals surface area contributed by atoms with Gasteiger partial charge in [0.1, 0.15) is 11.4 Å². The van der Waals surface area contributed by atoms with Gasteiger partial charge in [0, 0.05) is 17.7 Å². The number of aromatic nitrogens is 2. The van der Waals surface area contributed by atoms with Gasteiger partial charge in [-0.1, -0.05) is 43.5 Å². The van der Waals surface area contributed by atoms with Gasteiger partial charge in [0.25, 0.3) is 5.91 Å². The van der Waals surface area contributed by atoms with Crippen LogP contribution >= 0.6 is 0 Å². The molecular formula is C35H47N5O7S. The zero-order valence-electron chi connectivity index (χ0n) is 28.6.